The van der Waals surface area contributed by atoms with Crippen LogP contribution in [0.2, 0.25) is 0 Å². The first-order chi connectivity index (χ1) is 8.66. The van der Waals surface area contributed by atoms with E-state index in [4.69, 9.17) is 9.52 Å². The number of nitrogens with one attached hydrogen (secondary N) is 1. The Morgan fingerprint density at radius 2 is 2.44 bits per heavy atom. The smallest absolute Gasteiger partial charge is 0.338 e. The molecule has 2 aromatic heterocycles. The molecule has 0 aromatic carbocycles. The van der Waals surface area contributed by atoms with Gasteiger partial charge in [0.2, 0.25) is 0 Å². The first-order valence-corrected chi connectivity index (χ1v) is 5.64. The van der Waals surface area contributed by atoms with Crippen molar-refractivity contribution in [1.29, 1.82) is 0 Å². The van der Waals surface area contributed by atoms with E-state index in [0.29, 0.717) is 12.3 Å². The lowest BCUT2D eigenvalue weighted by Crippen LogP contribution is -2.17. The van der Waals surface area contributed by atoms with Gasteiger partial charge in [-0.15, -0.1) is 0 Å². The maximum Gasteiger partial charge on any atom is 0.338 e. The van der Waals surface area contributed by atoms with Crippen LogP contribution in [0.25, 0.3) is 0 Å². The number of rotatable bonds is 6. The van der Waals surface area contributed by atoms with E-state index >= 15 is 0 Å². The van der Waals surface area contributed by atoms with Crippen LogP contribution in [0.15, 0.2) is 29.1 Å². The number of carbonyl (C=O) groups is 1. The molecule has 0 aliphatic heterocycles. The Bertz CT molecular complexity index is 530. The van der Waals surface area contributed by atoms with Gasteiger partial charge in [-0.3, -0.25) is 0 Å². The molecule has 0 aliphatic rings. The Hall–Kier alpha value is -2.08. The van der Waals surface area contributed by atoms with Crippen molar-refractivity contribution < 1.29 is 14.3 Å². The Morgan fingerprint density at radius 1 is 1.61 bits per heavy atom. The molecule has 0 saturated heterocycles. The van der Waals surface area contributed by atoms with Crippen LogP contribution in [0, 0.1) is 0 Å². The van der Waals surface area contributed by atoms with Gasteiger partial charge in [-0.05, 0) is 6.07 Å². The summed E-state index contributed by atoms with van der Waals surface area (Å²) >= 11 is 0. The molecule has 6 heteroatoms. The highest BCUT2D eigenvalue weighted by Crippen LogP contribution is 2.07. The number of hydrogen-bond acceptors (Lipinski definition) is 4. The molecule has 0 radical (unpaired) electrons. The highest BCUT2D eigenvalue weighted by Gasteiger charge is 2.07. The predicted octanol–water partition coefficient (Wildman–Crippen LogP) is 1.04. The van der Waals surface area contributed by atoms with Crippen LogP contribution in [-0.2, 0) is 20.0 Å². The Labute approximate surface area is 104 Å². The average molecular weight is 249 g/mol. The van der Waals surface area contributed by atoms with Gasteiger partial charge in [-0.25, -0.2) is 9.78 Å². The van der Waals surface area contributed by atoms with Gasteiger partial charge in [0.1, 0.15) is 17.8 Å². The number of furan rings is 1. The van der Waals surface area contributed by atoms with E-state index in [-0.39, 0.29) is 5.56 Å². The number of hydrogen-bond donors (Lipinski definition) is 2. The van der Waals surface area contributed by atoms with Crippen molar-refractivity contribution in [2.24, 2.45) is 7.05 Å². The standard InChI is InChI=1S/C12H15N3O3/c1-15-5-4-14-11(15)2-3-13-7-10-6-9(8-18-10)12(16)17/h4-6,8,13H,2-3,7H2,1H3,(H,16,17). The summed E-state index contributed by atoms with van der Waals surface area (Å²) < 4.78 is 7.09. The molecule has 0 saturated carbocycles. The average Bonchev–Trinajstić information content (AvgIpc) is 2.94. The van der Waals surface area contributed by atoms with Gasteiger partial charge in [0, 0.05) is 32.4 Å². The van der Waals surface area contributed by atoms with Gasteiger partial charge in [-0.2, -0.15) is 0 Å². The molecule has 0 amide bonds. The van der Waals surface area contributed by atoms with Crippen LogP contribution in [0.3, 0.4) is 0 Å². The van der Waals surface area contributed by atoms with Crippen LogP contribution >= 0.6 is 0 Å². The lowest BCUT2D eigenvalue weighted by molar-refractivity contribution is 0.0696. The molecule has 96 valence electrons. The summed E-state index contributed by atoms with van der Waals surface area (Å²) in [4.78, 5) is 14.9. The number of nitrogens with zero attached hydrogens (tertiary/aromatic N) is 2. The van der Waals surface area contributed by atoms with Crippen LogP contribution < -0.4 is 5.32 Å². The Balaban J connectivity index is 1.75. The molecule has 2 heterocycles. The van der Waals surface area contributed by atoms with Crippen LogP contribution in [0.5, 0.6) is 0 Å². The molecule has 0 fully saturated rings. The van der Waals surface area contributed by atoms with E-state index in [1.54, 1.807) is 6.20 Å². The highest BCUT2D eigenvalue weighted by atomic mass is 16.4. The SMILES string of the molecule is Cn1ccnc1CCNCc1cc(C(=O)O)co1. The van der Waals surface area contributed by atoms with Crippen molar-refractivity contribution in [1.82, 2.24) is 14.9 Å². The summed E-state index contributed by atoms with van der Waals surface area (Å²) in [6, 6.07) is 1.52. The summed E-state index contributed by atoms with van der Waals surface area (Å²) in [7, 11) is 1.95. The fourth-order valence-corrected chi connectivity index (χ4v) is 1.63. The first-order valence-electron chi connectivity index (χ1n) is 5.64. The van der Waals surface area contributed by atoms with Crippen molar-refractivity contribution in [3.05, 3.63) is 41.9 Å². The fraction of sp³-hybridized carbons (Fsp3) is 0.333. The van der Waals surface area contributed by atoms with Gasteiger partial charge in [-0.1, -0.05) is 0 Å². The Kier molecular flexibility index (Phi) is 3.78. The minimum absolute atomic E-state index is 0.177. The van der Waals surface area contributed by atoms with Crippen molar-refractivity contribution in [3.8, 4) is 0 Å². The van der Waals surface area contributed by atoms with Crippen molar-refractivity contribution in [3.63, 3.8) is 0 Å². The molecule has 0 aliphatic carbocycles. The summed E-state index contributed by atoms with van der Waals surface area (Å²) in [5.74, 6) is 0.651. The number of imidazole rings is 1. The molecule has 2 rings (SSSR count). The fourth-order valence-electron chi connectivity index (χ4n) is 1.63. The normalized spacial score (nSPS) is 10.7. The van der Waals surface area contributed by atoms with Gasteiger partial charge >= 0.3 is 5.97 Å². The molecular formula is C12H15N3O3. The number of carboxylic acid groups (broad SMARTS) is 1. The van der Waals surface area contributed by atoms with E-state index in [2.05, 4.69) is 10.3 Å². The summed E-state index contributed by atoms with van der Waals surface area (Å²) in [5, 5.41) is 11.9. The summed E-state index contributed by atoms with van der Waals surface area (Å²) in [6.45, 7) is 1.27. The third-order valence-electron chi connectivity index (χ3n) is 2.65. The van der Waals surface area contributed by atoms with Crippen molar-refractivity contribution in [2.45, 2.75) is 13.0 Å². The van der Waals surface area contributed by atoms with E-state index in [0.717, 1.165) is 18.8 Å². The number of aromatic nitrogens is 2. The molecule has 0 unspecified atom stereocenters. The van der Waals surface area contributed by atoms with Crippen LogP contribution in [0.1, 0.15) is 21.9 Å². The lowest BCUT2D eigenvalue weighted by Gasteiger charge is -2.03. The molecule has 0 spiro atoms. The minimum atomic E-state index is -0.974. The van der Waals surface area contributed by atoms with Crippen molar-refractivity contribution in [2.75, 3.05) is 6.54 Å². The van der Waals surface area contributed by atoms with E-state index < -0.39 is 5.97 Å². The minimum Gasteiger partial charge on any atom is -0.478 e. The van der Waals surface area contributed by atoms with Gasteiger partial charge in [0.25, 0.3) is 0 Å². The first kappa shape index (κ1) is 12.4. The maximum atomic E-state index is 10.6. The zero-order chi connectivity index (χ0) is 13.0. The van der Waals surface area contributed by atoms with Gasteiger partial charge < -0.3 is 19.4 Å². The molecule has 0 bridgehead atoms. The topological polar surface area (TPSA) is 80.3 Å². The zero-order valence-corrected chi connectivity index (χ0v) is 10.1. The molecule has 2 aromatic rings. The van der Waals surface area contributed by atoms with Crippen molar-refractivity contribution >= 4 is 5.97 Å². The third kappa shape index (κ3) is 2.98. The highest BCUT2D eigenvalue weighted by molar-refractivity contribution is 5.87. The predicted molar refractivity (Wildman–Crippen MR) is 64.3 cm³/mol. The molecule has 0 atom stereocenters. The number of carboxylic acids is 1. The monoisotopic (exact) mass is 249 g/mol. The van der Waals surface area contributed by atoms with Gasteiger partial charge in [0.05, 0.1) is 12.1 Å². The van der Waals surface area contributed by atoms with Crippen LogP contribution in [0.4, 0.5) is 0 Å². The van der Waals surface area contributed by atoms with Gasteiger partial charge in [0.15, 0.2) is 0 Å². The third-order valence-corrected chi connectivity index (χ3v) is 2.65. The Morgan fingerprint density at radius 3 is 3.06 bits per heavy atom. The maximum absolute atomic E-state index is 10.6. The molecule has 6 nitrogen and oxygen atoms in total. The summed E-state index contributed by atoms with van der Waals surface area (Å²) in [6.07, 6.45) is 5.73. The van der Waals surface area contributed by atoms with Crippen LogP contribution in [-0.4, -0.2) is 27.2 Å². The number of aromatic carboxylic acids is 1. The summed E-state index contributed by atoms with van der Waals surface area (Å²) in [5.41, 5.74) is 0.177. The molecular weight excluding hydrogens is 234 g/mol. The van der Waals surface area contributed by atoms with E-state index in [1.807, 2.05) is 17.8 Å². The second kappa shape index (κ2) is 5.50. The number of aryl methyl sites for hydroxylation is 1. The second-order valence-corrected chi connectivity index (χ2v) is 3.99. The lowest BCUT2D eigenvalue weighted by atomic mass is 10.3. The van der Waals surface area contributed by atoms with E-state index in [1.165, 1.54) is 12.3 Å². The second-order valence-electron chi connectivity index (χ2n) is 3.99. The largest absolute Gasteiger partial charge is 0.478 e. The molecule has 18 heavy (non-hydrogen) atoms. The molecule has 2 N–H and O–H groups in total. The zero-order valence-electron chi connectivity index (χ0n) is 10.1. The van der Waals surface area contributed by atoms with E-state index in [9.17, 15) is 4.79 Å². The quantitative estimate of drug-likeness (QED) is 0.748.